The van der Waals surface area contributed by atoms with Gasteiger partial charge in [0.05, 0.1) is 3.57 Å². The molecular weight excluding hydrogens is 409 g/mol. The number of nitrogens with zero attached hydrogens (tertiary/aromatic N) is 1. The number of unbranched alkanes of at least 4 members (excludes halogenated alkanes) is 2. The third kappa shape index (κ3) is 4.76. The fourth-order valence-corrected chi connectivity index (χ4v) is 2.32. The second-order valence-electron chi connectivity index (χ2n) is 4.14. The third-order valence-electron chi connectivity index (χ3n) is 2.67. The molecule has 5 heteroatoms. The van der Waals surface area contributed by atoms with Gasteiger partial charge in [0.2, 0.25) is 0 Å². The van der Waals surface area contributed by atoms with Crippen LogP contribution in [0.2, 0.25) is 0 Å². The lowest BCUT2D eigenvalue weighted by atomic mass is 10.2. The van der Waals surface area contributed by atoms with E-state index in [9.17, 15) is 9.90 Å². The van der Waals surface area contributed by atoms with Gasteiger partial charge in [0, 0.05) is 24.5 Å². The van der Waals surface area contributed by atoms with Crippen molar-refractivity contribution < 1.29 is 9.90 Å². The maximum Gasteiger partial charge on any atom is 0.253 e. The molecule has 0 atom stereocenters. The van der Waals surface area contributed by atoms with Crippen LogP contribution < -0.4 is 0 Å². The smallest absolute Gasteiger partial charge is 0.253 e. The van der Waals surface area contributed by atoms with E-state index in [2.05, 4.69) is 15.9 Å². The second kappa shape index (κ2) is 7.99. The molecule has 0 spiro atoms. The lowest BCUT2D eigenvalue weighted by Crippen LogP contribution is -2.27. The highest BCUT2D eigenvalue weighted by atomic mass is 127. The number of rotatable bonds is 6. The van der Waals surface area contributed by atoms with Crippen LogP contribution in [-0.4, -0.2) is 34.8 Å². The summed E-state index contributed by atoms with van der Waals surface area (Å²) in [4.78, 5) is 13.8. The summed E-state index contributed by atoms with van der Waals surface area (Å²) in [6.07, 6.45) is 3.25. The Labute approximate surface area is 130 Å². The molecule has 1 amide bonds. The predicted molar refractivity (Wildman–Crippen MR) is 85.4 cm³/mol. The van der Waals surface area contributed by atoms with Gasteiger partial charge < -0.3 is 10.0 Å². The number of carbonyl (C=O) groups excluding carboxylic acids is 1. The Bertz CT molecular complexity index is 412. The molecular formula is C13H17BrINO2. The summed E-state index contributed by atoms with van der Waals surface area (Å²) in [5.41, 5.74) is 0.538. The first kappa shape index (κ1) is 15.8. The zero-order valence-electron chi connectivity index (χ0n) is 10.3. The van der Waals surface area contributed by atoms with Gasteiger partial charge in [-0.15, -0.1) is 0 Å². The van der Waals surface area contributed by atoms with Crippen LogP contribution in [-0.2, 0) is 0 Å². The maximum absolute atomic E-state index is 12.1. The largest absolute Gasteiger partial charge is 0.507 e. The van der Waals surface area contributed by atoms with Crippen molar-refractivity contribution in [3.8, 4) is 5.75 Å². The van der Waals surface area contributed by atoms with Gasteiger partial charge in [-0.2, -0.15) is 0 Å². The first-order valence-corrected chi connectivity index (χ1v) is 8.06. The molecule has 0 bridgehead atoms. The van der Waals surface area contributed by atoms with Crippen LogP contribution in [0, 0.1) is 3.57 Å². The Balaban J connectivity index is 2.54. The number of halogens is 2. The van der Waals surface area contributed by atoms with E-state index >= 15 is 0 Å². The van der Waals surface area contributed by atoms with Crippen LogP contribution in [0.1, 0.15) is 29.6 Å². The highest BCUT2D eigenvalue weighted by Gasteiger charge is 2.12. The monoisotopic (exact) mass is 425 g/mol. The third-order valence-corrected chi connectivity index (χ3v) is 4.14. The van der Waals surface area contributed by atoms with E-state index in [1.54, 1.807) is 24.1 Å². The Hall–Kier alpha value is -0.300. The van der Waals surface area contributed by atoms with Crippen molar-refractivity contribution >= 4 is 44.4 Å². The molecule has 100 valence electrons. The topological polar surface area (TPSA) is 40.5 Å². The number of benzene rings is 1. The summed E-state index contributed by atoms with van der Waals surface area (Å²) in [6.45, 7) is 0.749. The number of amides is 1. The molecule has 0 unspecified atom stereocenters. The van der Waals surface area contributed by atoms with E-state index in [-0.39, 0.29) is 11.7 Å². The molecule has 1 aromatic carbocycles. The van der Waals surface area contributed by atoms with Gasteiger partial charge in [-0.1, -0.05) is 22.4 Å². The average Bonchev–Trinajstić information content (AvgIpc) is 2.37. The molecule has 0 saturated heterocycles. The molecule has 0 aliphatic rings. The van der Waals surface area contributed by atoms with Crippen LogP contribution in [0.5, 0.6) is 5.75 Å². The molecule has 0 heterocycles. The van der Waals surface area contributed by atoms with E-state index in [0.29, 0.717) is 5.56 Å². The van der Waals surface area contributed by atoms with E-state index in [0.717, 1.165) is 34.7 Å². The summed E-state index contributed by atoms with van der Waals surface area (Å²) in [6, 6.07) is 5.03. The van der Waals surface area contributed by atoms with Crippen molar-refractivity contribution in [1.29, 1.82) is 0 Å². The second-order valence-corrected chi connectivity index (χ2v) is 6.10. The number of carbonyl (C=O) groups is 1. The molecule has 0 saturated carbocycles. The average molecular weight is 426 g/mol. The first-order chi connectivity index (χ1) is 8.56. The minimum absolute atomic E-state index is 0.0412. The van der Waals surface area contributed by atoms with Crippen LogP contribution in [0.25, 0.3) is 0 Å². The molecule has 1 aromatic rings. The van der Waals surface area contributed by atoms with Crippen molar-refractivity contribution in [3.05, 3.63) is 27.3 Å². The lowest BCUT2D eigenvalue weighted by molar-refractivity contribution is 0.0792. The Morgan fingerprint density at radius 1 is 1.39 bits per heavy atom. The number of phenolic OH excluding ortho intramolecular Hbond substituents is 1. The fourth-order valence-electron chi connectivity index (χ4n) is 1.59. The van der Waals surface area contributed by atoms with Crippen molar-refractivity contribution in [2.75, 3.05) is 18.9 Å². The molecule has 0 aliphatic carbocycles. The van der Waals surface area contributed by atoms with Crippen LogP contribution >= 0.6 is 38.5 Å². The SMILES string of the molecule is CN(CCCCCBr)C(=O)c1ccc(I)c(O)c1. The zero-order valence-corrected chi connectivity index (χ0v) is 14.1. The lowest BCUT2D eigenvalue weighted by Gasteiger charge is -2.17. The minimum atomic E-state index is -0.0412. The number of hydrogen-bond donors (Lipinski definition) is 1. The fraction of sp³-hybridized carbons (Fsp3) is 0.462. The van der Waals surface area contributed by atoms with E-state index in [1.807, 2.05) is 22.6 Å². The van der Waals surface area contributed by atoms with Gasteiger partial charge in [-0.25, -0.2) is 0 Å². The van der Waals surface area contributed by atoms with Crippen molar-refractivity contribution in [1.82, 2.24) is 4.90 Å². The van der Waals surface area contributed by atoms with E-state index in [4.69, 9.17) is 0 Å². The molecule has 1 rings (SSSR count). The number of alkyl halides is 1. The van der Waals surface area contributed by atoms with Crippen LogP contribution in [0.3, 0.4) is 0 Å². The Kier molecular flexibility index (Phi) is 6.99. The molecule has 3 nitrogen and oxygen atoms in total. The summed E-state index contributed by atoms with van der Waals surface area (Å²) in [5, 5.41) is 10.6. The highest BCUT2D eigenvalue weighted by Crippen LogP contribution is 2.21. The Morgan fingerprint density at radius 3 is 2.72 bits per heavy atom. The summed E-state index contributed by atoms with van der Waals surface area (Å²) >= 11 is 5.42. The van der Waals surface area contributed by atoms with E-state index < -0.39 is 0 Å². The molecule has 0 aliphatic heterocycles. The van der Waals surface area contributed by atoms with E-state index in [1.165, 1.54) is 6.07 Å². The number of phenols is 1. The molecule has 18 heavy (non-hydrogen) atoms. The first-order valence-electron chi connectivity index (χ1n) is 5.86. The van der Waals surface area contributed by atoms with Gasteiger partial charge in [-0.3, -0.25) is 4.79 Å². The highest BCUT2D eigenvalue weighted by molar-refractivity contribution is 14.1. The van der Waals surface area contributed by atoms with Crippen molar-refractivity contribution in [2.45, 2.75) is 19.3 Å². The standard InChI is InChI=1S/C13H17BrINO2/c1-16(8-4-2-3-7-14)13(18)10-5-6-11(15)12(17)9-10/h5-6,9,17H,2-4,7-8H2,1H3. The van der Waals surface area contributed by atoms with Crippen LogP contribution in [0.4, 0.5) is 0 Å². The summed E-state index contributed by atoms with van der Waals surface area (Å²) in [7, 11) is 1.80. The van der Waals surface area contributed by atoms with Gasteiger partial charge in [-0.05, 0) is 53.6 Å². The number of hydrogen-bond acceptors (Lipinski definition) is 2. The van der Waals surface area contributed by atoms with Crippen molar-refractivity contribution in [2.24, 2.45) is 0 Å². The van der Waals surface area contributed by atoms with Gasteiger partial charge in [0.25, 0.3) is 5.91 Å². The minimum Gasteiger partial charge on any atom is -0.507 e. The maximum atomic E-state index is 12.1. The molecule has 1 N–H and O–H groups in total. The summed E-state index contributed by atoms with van der Waals surface area (Å²) < 4.78 is 0.754. The van der Waals surface area contributed by atoms with Gasteiger partial charge in [0.15, 0.2) is 0 Å². The molecule has 0 aromatic heterocycles. The Morgan fingerprint density at radius 2 is 2.11 bits per heavy atom. The number of aromatic hydroxyl groups is 1. The normalized spacial score (nSPS) is 10.4. The zero-order chi connectivity index (χ0) is 13.5. The summed E-state index contributed by atoms with van der Waals surface area (Å²) in [5.74, 6) is 0.120. The molecule has 0 fully saturated rings. The molecule has 0 radical (unpaired) electrons. The van der Waals surface area contributed by atoms with Crippen LogP contribution in [0.15, 0.2) is 18.2 Å². The van der Waals surface area contributed by atoms with Gasteiger partial charge >= 0.3 is 0 Å². The van der Waals surface area contributed by atoms with Crippen molar-refractivity contribution in [3.63, 3.8) is 0 Å². The van der Waals surface area contributed by atoms with Gasteiger partial charge in [0.1, 0.15) is 5.75 Å². The predicted octanol–water partition coefficient (Wildman–Crippen LogP) is 3.63. The quantitative estimate of drug-likeness (QED) is 0.429.